The Morgan fingerprint density at radius 2 is 1.74 bits per heavy atom. The van der Waals surface area contributed by atoms with Crippen molar-refractivity contribution in [3.05, 3.63) is 65.2 Å². The van der Waals surface area contributed by atoms with E-state index in [4.69, 9.17) is 4.74 Å². The third kappa shape index (κ3) is 7.94. The van der Waals surface area contributed by atoms with Crippen molar-refractivity contribution in [2.75, 3.05) is 19.4 Å². The van der Waals surface area contributed by atoms with Crippen LogP contribution in [0.4, 0.5) is 0 Å². The van der Waals surface area contributed by atoms with Crippen molar-refractivity contribution in [2.45, 2.75) is 46.0 Å². The molecule has 0 spiro atoms. The molecule has 1 unspecified atom stereocenters. The summed E-state index contributed by atoms with van der Waals surface area (Å²) in [5.74, 6) is 2.07. The van der Waals surface area contributed by atoms with E-state index in [-0.39, 0.29) is 11.8 Å². The standard InChI is InChI=1S/C25H34N2O3S/c1-18(2)14-26-25(29)20(4)27(15-22-9-7-6-8-19(22)3)24(28)17-31-16-21-10-12-23(30-5)13-11-21/h6-13,18,20H,14-17H2,1-5H3,(H,26,29). The number of methoxy groups -OCH3 is 1. The van der Waals surface area contributed by atoms with Crippen LogP contribution in [0.5, 0.6) is 5.75 Å². The number of hydrogen-bond donors (Lipinski definition) is 1. The molecule has 31 heavy (non-hydrogen) atoms. The van der Waals surface area contributed by atoms with Gasteiger partial charge in [0.25, 0.3) is 0 Å². The Kier molecular flexibility index (Phi) is 9.92. The molecule has 0 aliphatic carbocycles. The van der Waals surface area contributed by atoms with Crippen molar-refractivity contribution in [2.24, 2.45) is 5.92 Å². The first-order chi connectivity index (χ1) is 14.8. The number of thioether (sulfide) groups is 1. The molecule has 0 heterocycles. The third-order valence-corrected chi connectivity index (χ3v) is 6.10. The van der Waals surface area contributed by atoms with Gasteiger partial charge in [0.2, 0.25) is 11.8 Å². The van der Waals surface area contributed by atoms with Crippen LogP contribution in [0.1, 0.15) is 37.5 Å². The minimum Gasteiger partial charge on any atom is -0.497 e. The van der Waals surface area contributed by atoms with Crippen LogP contribution in [0.3, 0.4) is 0 Å². The monoisotopic (exact) mass is 442 g/mol. The van der Waals surface area contributed by atoms with E-state index in [0.717, 1.165) is 28.2 Å². The van der Waals surface area contributed by atoms with Crippen LogP contribution >= 0.6 is 11.8 Å². The van der Waals surface area contributed by atoms with Gasteiger partial charge in [0.1, 0.15) is 11.8 Å². The molecule has 5 nitrogen and oxygen atoms in total. The largest absolute Gasteiger partial charge is 0.497 e. The summed E-state index contributed by atoms with van der Waals surface area (Å²) in [7, 11) is 1.64. The summed E-state index contributed by atoms with van der Waals surface area (Å²) in [5, 5.41) is 2.96. The van der Waals surface area contributed by atoms with Crippen molar-refractivity contribution in [1.82, 2.24) is 10.2 Å². The maximum atomic E-state index is 13.1. The van der Waals surface area contributed by atoms with E-state index in [1.165, 1.54) is 0 Å². The second-order valence-electron chi connectivity index (χ2n) is 8.10. The van der Waals surface area contributed by atoms with E-state index in [0.29, 0.717) is 24.8 Å². The highest BCUT2D eigenvalue weighted by atomic mass is 32.2. The maximum Gasteiger partial charge on any atom is 0.242 e. The van der Waals surface area contributed by atoms with Crippen molar-refractivity contribution in [3.8, 4) is 5.75 Å². The number of nitrogens with zero attached hydrogens (tertiary/aromatic N) is 1. The summed E-state index contributed by atoms with van der Waals surface area (Å²) < 4.78 is 5.19. The highest BCUT2D eigenvalue weighted by molar-refractivity contribution is 7.99. The second-order valence-corrected chi connectivity index (χ2v) is 9.09. The van der Waals surface area contributed by atoms with Gasteiger partial charge in [-0.2, -0.15) is 0 Å². The van der Waals surface area contributed by atoms with E-state index in [1.54, 1.807) is 30.7 Å². The molecular weight excluding hydrogens is 408 g/mol. The normalized spacial score (nSPS) is 11.8. The molecule has 0 fully saturated rings. The number of carbonyl (C=O) groups is 2. The van der Waals surface area contributed by atoms with Gasteiger partial charge in [-0.05, 0) is 48.6 Å². The number of rotatable bonds is 11. The number of aryl methyl sites for hydroxylation is 1. The molecule has 2 aromatic rings. The summed E-state index contributed by atoms with van der Waals surface area (Å²) in [4.78, 5) is 27.5. The zero-order chi connectivity index (χ0) is 22.8. The summed E-state index contributed by atoms with van der Waals surface area (Å²) >= 11 is 1.55. The van der Waals surface area contributed by atoms with Crippen molar-refractivity contribution < 1.29 is 14.3 Å². The van der Waals surface area contributed by atoms with E-state index >= 15 is 0 Å². The van der Waals surface area contributed by atoms with Gasteiger partial charge in [-0.25, -0.2) is 0 Å². The third-order valence-electron chi connectivity index (χ3n) is 5.11. The van der Waals surface area contributed by atoms with Crippen LogP contribution in [-0.4, -0.2) is 42.2 Å². The van der Waals surface area contributed by atoms with Crippen LogP contribution in [-0.2, 0) is 21.9 Å². The second kappa shape index (κ2) is 12.4. The Hall–Kier alpha value is -2.47. The van der Waals surface area contributed by atoms with Crippen molar-refractivity contribution in [3.63, 3.8) is 0 Å². The summed E-state index contributed by atoms with van der Waals surface area (Å²) in [6.45, 7) is 8.96. The van der Waals surface area contributed by atoms with Gasteiger partial charge in [0.05, 0.1) is 12.9 Å². The first kappa shape index (κ1) is 24.8. The van der Waals surface area contributed by atoms with Gasteiger partial charge in [-0.1, -0.05) is 50.2 Å². The van der Waals surface area contributed by atoms with Crippen LogP contribution in [0.15, 0.2) is 48.5 Å². The molecule has 0 saturated carbocycles. The van der Waals surface area contributed by atoms with E-state index < -0.39 is 6.04 Å². The molecule has 2 aromatic carbocycles. The van der Waals surface area contributed by atoms with Gasteiger partial charge in [0, 0.05) is 18.8 Å². The summed E-state index contributed by atoms with van der Waals surface area (Å²) in [6.07, 6.45) is 0. The molecule has 1 N–H and O–H groups in total. The van der Waals surface area contributed by atoms with Crippen LogP contribution in [0.25, 0.3) is 0 Å². The lowest BCUT2D eigenvalue weighted by molar-refractivity contribution is -0.138. The average molecular weight is 443 g/mol. The van der Waals surface area contributed by atoms with Gasteiger partial charge < -0.3 is 15.0 Å². The predicted molar refractivity (Wildman–Crippen MR) is 128 cm³/mol. The van der Waals surface area contributed by atoms with Gasteiger partial charge in [-0.3, -0.25) is 9.59 Å². The fourth-order valence-corrected chi connectivity index (χ4v) is 3.94. The van der Waals surface area contributed by atoms with Gasteiger partial charge in [-0.15, -0.1) is 11.8 Å². The molecule has 1 atom stereocenters. The van der Waals surface area contributed by atoms with Crippen molar-refractivity contribution in [1.29, 1.82) is 0 Å². The Bertz CT molecular complexity index is 852. The molecule has 0 aromatic heterocycles. The van der Waals surface area contributed by atoms with E-state index in [2.05, 4.69) is 19.2 Å². The predicted octanol–water partition coefficient (Wildman–Crippen LogP) is 4.43. The number of hydrogen-bond acceptors (Lipinski definition) is 4. The summed E-state index contributed by atoms with van der Waals surface area (Å²) in [5.41, 5.74) is 3.30. The Morgan fingerprint density at radius 3 is 2.35 bits per heavy atom. The number of nitrogens with one attached hydrogen (secondary N) is 1. The fraction of sp³-hybridized carbons (Fsp3) is 0.440. The average Bonchev–Trinajstić information content (AvgIpc) is 2.76. The minimum absolute atomic E-state index is 0.0334. The first-order valence-corrected chi connectivity index (χ1v) is 11.8. The number of amides is 2. The topological polar surface area (TPSA) is 58.6 Å². The summed E-state index contributed by atoms with van der Waals surface area (Å²) in [6, 6.07) is 15.3. The maximum absolute atomic E-state index is 13.1. The smallest absolute Gasteiger partial charge is 0.242 e. The lowest BCUT2D eigenvalue weighted by Gasteiger charge is -2.29. The molecule has 2 rings (SSSR count). The number of benzene rings is 2. The van der Waals surface area contributed by atoms with Crippen LogP contribution < -0.4 is 10.1 Å². The van der Waals surface area contributed by atoms with Crippen LogP contribution in [0.2, 0.25) is 0 Å². The quantitative estimate of drug-likeness (QED) is 0.559. The zero-order valence-corrected chi connectivity index (χ0v) is 20.0. The van der Waals surface area contributed by atoms with Crippen molar-refractivity contribution >= 4 is 23.6 Å². The molecule has 0 aliphatic rings. The molecular formula is C25H34N2O3S. The fourth-order valence-electron chi connectivity index (χ4n) is 3.07. The molecule has 2 amide bonds. The first-order valence-electron chi connectivity index (χ1n) is 10.6. The number of ether oxygens (including phenoxy) is 1. The van der Waals surface area contributed by atoms with Gasteiger partial charge >= 0.3 is 0 Å². The molecule has 0 bridgehead atoms. The molecule has 6 heteroatoms. The highest BCUT2D eigenvalue weighted by Gasteiger charge is 2.26. The lowest BCUT2D eigenvalue weighted by Crippen LogP contribution is -2.48. The van der Waals surface area contributed by atoms with Gasteiger partial charge in [0.15, 0.2) is 0 Å². The zero-order valence-electron chi connectivity index (χ0n) is 19.2. The Balaban J connectivity index is 2.05. The lowest BCUT2D eigenvalue weighted by atomic mass is 10.1. The molecule has 0 radical (unpaired) electrons. The SMILES string of the molecule is COc1ccc(CSCC(=O)N(Cc2ccccc2C)C(C)C(=O)NCC(C)C)cc1. The van der Waals surface area contributed by atoms with Crippen LogP contribution in [0, 0.1) is 12.8 Å². The van der Waals surface area contributed by atoms with E-state index in [1.807, 2.05) is 55.5 Å². The molecule has 0 saturated heterocycles. The molecule has 0 aliphatic heterocycles. The van der Waals surface area contributed by atoms with E-state index in [9.17, 15) is 9.59 Å². The number of carbonyl (C=O) groups excluding carboxylic acids is 2. The Labute approximate surface area is 190 Å². The molecule has 168 valence electrons. The highest BCUT2D eigenvalue weighted by Crippen LogP contribution is 2.19. The minimum atomic E-state index is -0.535. The Morgan fingerprint density at radius 1 is 1.06 bits per heavy atom.